The fraction of sp³-hybridized carbons (Fsp3) is 0.385. The molecule has 212 valence electrons. The Bertz CT molecular complexity index is 1440. The predicted octanol–water partition coefficient (Wildman–Crippen LogP) is 7.48. The first-order valence-corrected chi connectivity index (χ1v) is 14.3. The molecule has 2 aromatic heterocycles. The molecule has 1 atom stereocenters. The van der Waals surface area contributed by atoms with Gasteiger partial charge in [-0.3, -0.25) is 4.79 Å². The second-order valence-electron chi connectivity index (χ2n) is 9.44. The summed E-state index contributed by atoms with van der Waals surface area (Å²) in [6.07, 6.45) is -3.30. The van der Waals surface area contributed by atoms with Crippen LogP contribution >= 0.6 is 46.1 Å². The number of alkyl halides is 3. The molecule has 1 saturated heterocycles. The third kappa shape index (κ3) is 6.32. The summed E-state index contributed by atoms with van der Waals surface area (Å²) >= 11 is 20.2. The van der Waals surface area contributed by atoms with Crippen molar-refractivity contribution in [3.63, 3.8) is 0 Å². The Balaban J connectivity index is 1.15. The van der Waals surface area contributed by atoms with Crippen LogP contribution in [0.5, 0.6) is 5.88 Å². The first kappa shape index (κ1) is 28.9. The zero-order chi connectivity index (χ0) is 28.6. The van der Waals surface area contributed by atoms with Crippen molar-refractivity contribution in [1.82, 2.24) is 14.9 Å². The molecule has 1 fully saturated rings. The Kier molecular flexibility index (Phi) is 8.47. The normalized spacial score (nSPS) is 18.0. The van der Waals surface area contributed by atoms with Crippen molar-refractivity contribution in [1.29, 1.82) is 0 Å². The van der Waals surface area contributed by atoms with Gasteiger partial charge in [-0.05, 0) is 44.0 Å². The van der Waals surface area contributed by atoms with Crippen molar-refractivity contribution >= 4 is 57.8 Å². The smallest absolute Gasteiger partial charge is 0.421 e. The summed E-state index contributed by atoms with van der Waals surface area (Å²) in [4.78, 5) is 28.5. The highest BCUT2D eigenvalue weighted by Gasteiger charge is 2.36. The number of hydrogen-bond donors (Lipinski definition) is 0. The molecule has 5 rings (SSSR count). The minimum Gasteiger partial charge on any atom is -0.467 e. The number of aromatic nitrogens is 2. The summed E-state index contributed by atoms with van der Waals surface area (Å²) in [5.41, 5.74) is 1.37. The van der Waals surface area contributed by atoms with E-state index in [-0.39, 0.29) is 5.92 Å². The zero-order valence-corrected chi connectivity index (χ0v) is 24.1. The van der Waals surface area contributed by atoms with E-state index in [1.165, 1.54) is 17.4 Å². The monoisotopic (exact) mass is 632 g/mol. The van der Waals surface area contributed by atoms with Gasteiger partial charge in [-0.1, -0.05) is 40.0 Å². The molecule has 3 aromatic rings. The number of rotatable bonds is 6. The van der Waals surface area contributed by atoms with Gasteiger partial charge in [0.1, 0.15) is 11.3 Å². The Hall–Kier alpha value is -2.60. The molecular weight excluding hydrogens is 612 g/mol. The number of aryl methyl sites for hydroxylation is 1. The number of carbonyl (C=O) groups excluding carboxylic acids is 1. The van der Waals surface area contributed by atoms with Gasteiger partial charge in [0.25, 0.3) is 5.91 Å². The van der Waals surface area contributed by atoms with Crippen LogP contribution in [-0.2, 0) is 15.8 Å². The molecule has 4 heterocycles. The van der Waals surface area contributed by atoms with Crippen LogP contribution in [0.4, 0.5) is 13.2 Å². The van der Waals surface area contributed by atoms with Crippen molar-refractivity contribution < 1.29 is 27.5 Å². The molecule has 0 N–H and O–H groups in total. The maximum atomic E-state index is 13.3. The molecule has 40 heavy (non-hydrogen) atoms. The molecule has 0 radical (unpaired) electrons. The Morgan fingerprint density at radius 1 is 1.15 bits per heavy atom. The van der Waals surface area contributed by atoms with Crippen molar-refractivity contribution in [2.75, 3.05) is 19.7 Å². The number of benzene rings is 1. The number of nitrogens with zero attached hydrogens (tertiary/aromatic N) is 4. The van der Waals surface area contributed by atoms with Crippen LogP contribution in [0.3, 0.4) is 0 Å². The molecule has 0 spiro atoms. The average Bonchev–Trinajstić information content (AvgIpc) is 3.56. The SMILES string of the molecule is Cc1ccc(C(F)(F)F)c(OCC(=O)N2CCC(c3nc(C4=NOC(c5c(Cl)cc(Cl)cc5Cl)C4)cs3)CC2)n1. The van der Waals surface area contributed by atoms with Gasteiger partial charge in [0, 0.05) is 47.1 Å². The quantitative estimate of drug-likeness (QED) is 0.281. The van der Waals surface area contributed by atoms with Gasteiger partial charge in [0.15, 0.2) is 12.7 Å². The summed E-state index contributed by atoms with van der Waals surface area (Å²) in [5.74, 6) is -0.844. The van der Waals surface area contributed by atoms with Gasteiger partial charge < -0.3 is 14.5 Å². The lowest BCUT2D eigenvalue weighted by Crippen LogP contribution is -2.40. The standard InChI is InChI=1S/C26H22Cl3F3N4O3S/c1-13-2-3-16(26(30,31)32)24(33-13)38-11-22(37)36-6-4-14(5-7-36)25-34-20(12-40-25)19-10-21(39-35-19)23-17(28)8-15(27)9-18(23)29/h2-3,8-9,12,14,21H,4-7,10-11H2,1H3. The number of oxime groups is 1. The summed E-state index contributed by atoms with van der Waals surface area (Å²) in [7, 11) is 0. The Labute approximate surface area is 246 Å². The number of likely N-dealkylation sites (tertiary alicyclic amines) is 1. The second-order valence-corrected chi connectivity index (χ2v) is 11.6. The van der Waals surface area contributed by atoms with Crippen molar-refractivity contribution in [3.05, 3.63) is 72.2 Å². The van der Waals surface area contributed by atoms with E-state index in [1.807, 2.05) is 5.38 Å². The van der Waals surface area contributed by atoms with E-state index in [2.05, 4.69) is 10.1 Å². The fourth-order valence-electron chi connectivity index (χ4n) is 4.61. The second kappa shape index (κ2) is 11.7. The number of carbonyl (C=O) groups is 1. The predicted molar refractivity (Wildman–Crippen MR) is 147 cm³/mol. The van der Waals surface area contributed by atoms with E-state index in [9.17, 15) is 18.0 Å². The van der Waals surface area contributed by atoms with Crippen LogP contribution in [0.25, 0.3) is 0 Å². The molecule has 1 aromatic carbocycles. The van der Waals surface area contributed by atoms with Crippen LogP contribution in [0.15, 0.2) is 34.8 Å². The highest BCUT2D eigenvalue weighted by atomic mass is 35.5. The summed E-state index contributed by atoms with van der Waals surface area (Å²) in [5, 5.41) is 8.28. The number of hydrogen-bond acceptors (Lipinski definition) is 7. The van der Waals surface area contributed by atoms with Crippen molar-refractivity contribution in [2.45, 2.75) is 44.4 Å². The zero-order valence-electron chi connectivity index (χ0n) is 21.0. The van der Waals surface area contributed by atoms with Crippen molar-refractivity contribution in [2.24, 2.45) is 5.16 Å². The topological polar surface area (TPSA) is 76.9 Å². The van der Waals surface area contributed by atoms with Gasteiger partial charge in [-0.2, -0.15) is 13.2 Å². The molecule has 7 nitrogen and oxygen atoms in total. The summed E-state index contributed by atoms with van der Waals surface area (Å²) < 4.78 is 45.0. The van der Waals surface area contributed by atoms with Crippen LogP contribution in [-0.4, -0.2) is 46.2 Å². The van der Waals surface area contributed by atoms with Gasteiger partial charge in [-0.15, -0.1) is 11.3 Å². The summed E-state index contributed by atoms with van der Waals surface area (Å²) in [6, 6.07) is 5.37. The highest BCUT2D eigenvalue weighted by Crippen LogP contribution is 2.40. The van der Waals surface area contributed by atoms with Crippen LogP contribution in [0.2, 0.25) is 15.1 Å². The van der Waals surface area contributed by atoms with E-state index in [4.69, 9.17) is 49.4 Å². The minimum absolute atomic E-state index is 0.137. The van der Waals surface area contributed by atoms with E-state index in [0.717, 1.165) is 11.1 Å². The molecule has 14 heteroatoms. The largest absolute Gasteiger partial charge is 0.467 e. The Morgan fingerprint density at radius 2 is 1.85 bits per heavy atom. The van der Waals surface area contributed by atoms with Gasteiger partial charge >= 0.3 is 6.18 Å². The molecule has 2 aliphatic rings. The lowest BCUT2D eigenvalue weighted by atomic mass is 9.97. The van der Waals surface area contributed by atoms with Crippen molar-refractivity contribution in [3.8, 4) is 5.88 Å². The maximum Gasteiger partial charge on any atom is 0.421 e. The maximum absolute atomic E-state index is 13.3. The third-order valence-electron chi connectivity index (χ3n) is 6.69. The third-order valence-corrected chi connectivity index (χ3v) is 8.54. The van der Waals surface area contributed by atoms with E-state index >= 15 is 0 Å². The molecule has 0 aliphatic carbocycles. The molecule has 1 unspecified atom stereocenters. The number of ether oxygens (including phenoxy) is 1. The van der Waals surface area contributed by atoms with Gasteiger partial charge in [-0.25, -0.2) is 9.97 Å². The average molecular weight is 634 g/mol. The van der Waals surface area contributed by atoms with Gasteiger partial charge in [0.2, 0.25) is 5.88 Å². The van der Waals surface area contributed by atoms with Gasteiger partial charge in [0.05, 0.1) is 20.7 Å². The van der Waals surface area contributed by atoms with E-state index in [1.54, 1.807) is 24.0 Å². The lowest BCUT2D eigenvalue weighted by Gasteiger charge is -2.31. The lowest BCUT2D eigenvalue weighted by molar-refractivity contribution is -0.141. The van der Waals surface area contributed by atoms with Crippen LogP contribution < -0.4 is 4.74 Å². The fourth-order valence-corrected chi connectivity index (χ4v) is 6.67. The first-order valence-electron chi connectivity index (χ1n) is 12.3. The van der Waals surface area contributed by atoms with E-state index in [0.29, 0.717) is 70.1 Å². The molecule has 0 saturated carbocycles. The molecule has 2 aliphatic heterocycles. The van der Waals surface area contributed by atoms with Crippen LogP contribution in [0.1, 0.15) is 58.8 Å². The number of amides is 1. The Morgan fingerprint density at radius 3 is 2.52 bits per heavy atom. The number of thiazole rings is 1. The molecule has 1 amide bonds. The first-order chi connectivity index (χ1) is 19.0. The molecular formula is C26H22Cl3F3N4O3S. The minimum atomic E-state index is -4.63. The molecule has 0 bridgehead atoms. The van der Waals surface area contributed by atoms with Crippen LogP contribution in [0, 0.1) is 6.92 Å². The highest BCUT2D eigenvalue weighted by molar-refractivity contribution is 7.10. The number of piperidine rings is 1. The van der Waals surface area contributed by atoms with E-state index < -0.39 is 36.2 Å². The number of pyridine rings is 1. The number of halogens is 6. The summed E-state index contributed by atoms with van der Waals surface area (Å²) in [6.45, 7) is 1.91.